The summed E-state index contributed by atoms with van der Waals surface area (Å²) in [7, 11) is 0. The maximum absolute atomic E-state index is 6.22. The Morgan fingerprint density at radius 2 is 1.76 bits per heavy atom. The minimum absolute atomic E-state index is 0.0283. The smallest absolute Gasteiger partial charge is 0.0701 e. The van der Waals surface area contributed by atoms with Crippen molar-refractivity contribution < 1.29 is 0 Å². The molecule has 3 rings (SSSR count). The molecule has 0 saturated heterocycles. The number of nitrogens with zero attached hydrogens (tertiary/aromatic N) is 2. The maximum atomic E-state index is 6.22. The second kappa shape index (κ2) is 6.29. The van der Waals surface area contributed by atoms with E-state index >= 15 is 0 Å². The Morgan fingerprint density at radius 1 is 0.905 bits per heavy atom. The molecule has 0 aliphatic heterocycles. The minimum Gasteiger partial charge on any atom is -0.324 e. The number of rotatable bonds is 4. The SMILES string of the molecule is NC(Cc1ccc(-c2ccccn2)cc1)c1cccnc1. The van der Waals surface area contributed by atoms with Crippen LogP contribution in [-0.4, -0.2) is 9.97 Å². The first-order valence-electron chi connectivity index (χ1n) is 6.99. The lowest BCUT2D eigenvalue weighted by atomic mass is 9.99. The highest BCUT2D eigenvalue weighted by molar-refractivity contribution is 5.59. The molecule has 3 nitrogen and oxygen atoms in total. The molecule has 0 amide bonds. The van der Waals surface area contributed by atoms with Crippen LogP contribution >= 0.6 is 0 Å². The van der Waals surface area contributed by atoms with Crippen LogP contribution in [0, 0.1) is 0 Å². The van der Waals surface area contributed by atoms with Crippen molar-refractivity contribution in [3.05, 3.63) is 84.3 Å². The molecule has 0 bridgehead atoms. The van der Waals surface area contributed by atoms with Crippen molar-refractivity contribution in [2.75, 3.05) is 0 Å². The Labute approximate surface area is 124 Å². The first kappa shape index (κ1) is 13.5. The molecule has 104 valence electrons. The van der Waals surface area contributed by atoms with Gasteiger partial charge in [-0.1, -0.05) is 36.4 Å². The fraction of sp³-hybridized carbons (Fsp3) is 0.111. The van der Waals surface area contributed by atoms with Crippen molar-refractivity contribution in [3.8, 4) is 11.3 Å². The van der Waals surface area contributed by atoms with Crippen LogP contribution in [0.4, 0.5) is 0 Å². The lowest BCUT2D eigenvalue weighted by molar-refractivity contribution is 0.718. The molecule has 3 aromatic rings. The van der Waals surface area contributed by atoms with Gasteiger partial charge in [0.15, 0.2) is 0 Å². The molecule has 2 aromatic heterocycles. The van der Waals surface area contributed by atoms with Gasteiger partial charge < -0.3 is 5.73 Å². The van der Waals surface area contributed by atoms with Crippen molar-refractivity contribution in [2.45, 2.75) is 12.5 Å². The summed E-state index contributed by atoms with van der Waals surface area (Å²) in [4.78, 5) is 8.47. The minimum atomic E-state index is -0.0283. The van der Waals surface area contributed by atoms with E-state index in [0.29, 0.717) is 0 Å². The molecule has 0 radical (unpaired) electrons. The van der Waals surface area contributed by atoms with Gasteiger partial charge in [-0.2, -0.15) is 0 Å². The van der Waals surface area contributed by atoms with E-state index in [-0.39, 0.29) is 6.04 Å². The number of benzene rings is 1. The quantitative estimate of drug-likeness (QED) is 0.794. The van der Waals surface area contributed by atoms with Gasteiger partial charge in [0, 0.05) is 30.2 Å². The van der Waals surface area contributed by atoms with Gasteiger partial charge in [-0.25, -0.2) is 0 Å². The van der Waals surface area contributed by atoms with Crippen molar-refractivity contribution in [2.24, 2.45) is 5.73 Å². The van der Waals surface area contributed by atoms with Crippen LogP contribution in [0.5, 0.6) is 0 Å². The Kier molecular flexibility index (Phi) is 4.03. The van der Waals surface area contributed by atoms with Crippen LogP contribution in [0.1, 0.15) is 17.2 Å². The van der Waals surface area contributed by atoms with Gasteiger partial charge in [0.25, 0.3) is 0 Å². The lowest BCUT2D eigenvalue weighted by Crippen LogP contribution is -2.13. The molecule has 0 aliphatic rings. The van der Waals surface area contributed by atoms with E-state index < -0.39 is 0 Å². The lowest BCUT2D eigenvalue weighted by Gasteiger charge is -2.12. The van der Waals surface area contributed by atoms with Gasteiger partial charge >= 0.3 is 0 Å². The highest BCUT2D eigenvalue weighted by Crippen LogP contribution is 2.20. The van der Waals surface area contributed by atoms with E-state index in [2.05, 4.69) is 34.2 Å². The third-order valence-corrected chi connectivity index (χ3v) is 3.48. The fourth-order valence-corrected chi connectivity index (χ4v) is 2.31. The van der Waals surface area contributed by atoms with E-state index in [4.69, 9.17) is 5.73 Å². The fourth-order valence-electron chi connectivity index (χ4n) is 2.31. The summed E-state index contributed by atoms with van der Waals surface area (Å²) < 4.78 is 0. The number of hydrogen-bond acceptors (Lipinski definition) is 3. The molecular formula is C18H17N3. The highest BCUT2D eigenvalue weighted by atomic mass is 14.7. The first-order valence-corrected chi connectivity index (χ1v) is 6.99. The van der Waals surface area contributed by atoms with Crippen LogP contribution in [0.3, 0.4) is 0 Å². The number of aromatic nitrogens is 2. The average Bonchev–Trinajstić information content (AvgIpc) is 2.57. The van der Waals surface area contributed by atoms with Crippen molar-refractivity contribution in [1.29, 1.82) is 0 Å². The number of nitrogens with two attached hydrogens (primary N) is 1. The average molecular weight is 275 g/mol. The molecule has 1 aromatic carbocycles. The van der Waals surface area contributed by atoms with E-state index in [1.54, 1.807) is 6.20 Å². The van der Waals surface area contributed by atoms with Crippen LogP contribution in [0.2, 0.25) is 0 Å². The van der Waals surface area contributed by atoms with Crippen LogP contribution < -0.4 is 5.73 Å². The Bertz CT molecular complexity index is 679. The molecule has 0 saturated carbocycles. The zero-order chi connectivity index (χ0) is 14.5. The molecule has 1 unspecified atom stereocenters. The highest BCUT2D eigenvalue weighted by Gasteiger charge is 2.07. The summed E-state index contributed by atoms with van der Waals surface area (Å²) in [6, 6.07) is 18.2. The van der Waals surface area contributed by atoms with Gasteiger partial charge in [0.2, 0.25) is 0 Å². The number of pyridine rings is 2. The zero-order valence-corrected chi connectivity index (χ0v) is 11.7. The first-order chi connectivity index (χ1) is 10.3. The van der Waals surface area contributed by atoms with E-state index in [9.17, 15) is 0 Å². The van der Waals surface area contributed by atoms with Gasteiger partial charge in [-0.3, -0.25) is 9.97 Å². The summed E-state index contributed by atoms with van der Waals surface area (Å²) in [5, 5.41) is 0. The second-order valence-corrected chi connectivity index (χ2v) is 5.01. The normalized spacial score (nSPS) is 12.0. The maximum Gasteiger partial charge on any atom is 0.0701 e. The Hall–Kier alpha value is -2.52. The van der Waals surface area contributed by atoms with Crippen LogP contribution in [0.25, 0.3) is 11.3 Å². The molecule has 0 spiro atoms. The molecular weight excluding hydrogens is 258 g/mol. The van der Waals surface area contributed by atoms with Gasteiger partial charge in [-0.05, 0) is 35.7 Å². The summed E-state index contributed by atoms with van der Waals surface area (Å²) >= 11 is 0. The Balaban J connectivity index is 1.73. The van der Waals surface area contributed by atoms with Crippen molar-refractivity contribution >= 4 is 0 Å². The predicted octanol–water partition coefficient (Wildman–Crippen LogP) is 3.39. The molecule has 0 fully saturated rings. The third-order valence-electron chi connectivity index (χ3n) is 3.48. The largest absolute Gasteiger partial charge is 0.324 e. The summed E-state index contributed by atoms with van der Waals surface area (Å²) in [5.74, 6) is 0. The molecule has 2 N–H and O–H groups in total. The van der Waals surface area contributed by atoms with Crippen LogP contribution in [0.15, 0.2) is 73.2 Å². The van der Waals surface area contributed by atoms with Gasteiger partial charge in [0.05, 0.1) is 5.69 Å². The summed E-state index contributed by atoms with van der Waals surface area (Å²) in [6.07, 6.45) is 6.19. The molecule has 21 heavy (non-hydrogen) atoms. The summed E-state index contributed by atoms with van der Waals surface area (Å²) in [6.45, 7) is 0. The monoisotopic (exact) mass is 275 g/mol. The second-order valence-electron chi connectivity index (χ2n) is 5.01. The van der Waals surface area contributed by atoms with E-state index in [1.165, 1.54) is 5.56 Å². The number of hydrogen-bond donors (Lipinski definition) is 1. The van der Waals surface area contributed by atoms with E-state index in [1.807, 2.05) is 42.7 Å². The predicted molar refractivity (Wildman–Crippen MR) is 84.5 cm³/mol. The molecule has 3 heteroatoms. The van der Waals surface area contributed by atoms with Crippen molar-refractivity contribution in [1.82, 2.24) is 9.97 Å². The molecule has 2 heterocycles. The molecule has 0 aliphatic carbocycles. The standard InChI is InChI=1S/C18H17N3/c19-17(16-4-3-10-20-13-16)12-14-6-8-15(9-7-14)18-5-1-2-11-21-18/h1-11,13,17H,12,19H2. The third kappa shape index (κ3) is 3.33. The van der Waals surface area contributed by atoms with Crippen molar-refractivity contribution in [3.63, 3.8) is 0 Å². The molecule has 1 atom stereocenters. The summed E-state index contributed by atoms with van der Waals surface area (Å²) in [5.41, 5.74) is 10.6. The topological polar surface area (TPSA) is 51.8 Å². The van der Waals surface area contributed by atoms with Gasteiger partial charge in [-0.15, -0.1) is 0 Å². The Morgan fingerprint density at radius 3 is 2.43 bits per heavy atom. The van der Waals surface area contributed by atoms with Gasteiger partial charge in [0.1, 0.15) is 0 Å². The van der Waals surface area contributed by atoms with Crippen LogP contribution in [-0.2, 0) is 6.42 Å². The zero-order valence-electron chi connectivity index (χ0n) is 11.7. The van der Waals surface area contributed by atoms with E-state index in [0.717, 1.165) is 23.2 Å².